The second-order valence-electron chi connectivity index (χ2n) is 8.49. The number of benzene rings is 2. The lowest BCUT2D eigenvalue weighted by molar-refractivity contribution is 0.414. The van der Waals surface area contributed by atoms with Crippen LogP contribution < -0.4 is 20.7 Å². The summed E-state index contributed by atoms with van der Waals surface area (Å²) >= 11 is 0. The Labute approximate surface area is 189 Å². The number of fused-ring (bicyclic) bond motifs is 2. The van der Waals surface area contributed by atoms with Gasteiger partial charge in [0.05, 0.1) is 18.1 Å². The highest BCUT2D eigenvalue weighted by molar-refractivity contribution is 5.86. The Morgan fingerprint density at radius 1 is 0.970 bits per heavy atom. The molecule has 7 heteroatoms. The molecule has 7 nitrogen and oxygen atoms in total. The number of aryl methyl sites for hydroxylation is 1. The molecular weight excluding hydrogens is 422 g/mol. The number of phenols is 1. The summed E-state index contributed by atoms with van der Waals surface area (Å²) in [4.78, 5) is 27.8. The minimum absolute atomic E-state index is 0.0323. The van der Waals surface area contributed by atoms with Gasteiger partial charge in [-0.25, -0.2) is 4.79 Å². The molecule has 0 bridgehead atoms. The van der Waals surface area contributed by atoms with Gasteiger partial charge in [-0.2, -0.15) is 0 Å². The van der Waals surface area contributed by atoms with Gasteiger partial charge in [0, 0.05) is 42.6 Å². The average molecular weight is 447 g/mol. The maximum Gasteiger partial charge on any atom is 0.336 e. The predicted molar refractivity (Wildman–Crippen MR) is 127 cm³/mol. The third-order valence-corrected chi connectivity index (χ3v) is 6.37. The van der Waals surface area contributed by atoms with Gasteiger partial charge in [-0.1, -0.05) is 0 Å². The van der Waals surface area contributed by atoms with Crippen molar-refractivity contribution in [1.82, 2.24) is 0 Å². The summed E-state index contributed by atoms with van der Waals surface area (Å²) in [7, 11) is 1.57. The zero-order valence-electron chi connectivity index (χ0n) is 18.6. The van der Waals surface area contributed by atoms with Crippen LogP contribution in [-0.2, 0) is 6.42 Å². The van der Waals surface area contributed by atoms with E-state index in [0.717, 1.165) is 43.3 Å². The first-order chi connectivity index (χ1) is 16.0. The van der Waals surface area contributed by atoms with Crippen molar-refractivity contribution in [2.75, 3.05) is 25.1 Å². The highest BCUT2D eigenvalue weighted by Crippen LogP contribution is 2.34. The number of piperidine rings is 1. The van der Waals surface area contributed by atoms with Crippen LogP contribution in [0.15, 0.2) is 54.8 Å². The smallest absolute Gasteiger partial charge is 0.336 e. The van der Waals surface area contributed by atoms with Crippen molar-refractivity contribution < 1.29 is 18.7 Å². The number of nitrogens with zero attached hydrogens (tertiary/aromatic N) is 1. The van der Waals surface area contributed by atoms with Crippen LogP contribution in [0.1, 0.15) is 36.0 Å². The van der Waals surface area contributed by atoms with E-state index in [1.54, 1.807) is 37.4 Å². The maximum atomic E-state index is 13.7. The van der Waals surface area contributed by atoms with E-state index in [-0.39, 0.29) is 17.6 Å². The fraction of sp³-hybridized carbons (Fsp3) is 0.308. The number of anilines is 1. The van der Waals surface area contributed by atoms with Crippen molar-refractivity contribution in [3.63, 3.8) is 0 Å². The number of hydrogen-bond donors (Lipinski definition) is 1. The van der Waals surface area contributed by atoms with Crippen molar-refractivity contribution in [2.24, 2.45) is 0 Å². The lowest BCUT2D eigenvalue weighted by Crippen LogP contribution is -2.32. The molecule has 2 aromatic carbocycles. The van der Waals surface area contributed by atoms with Gasteiger partial charge in [-0.3, -0.25) is 4.79 Å². The number of rotatable bonds is 4. The summed E-state index contributed by atoms with van der Waals surface area (Å²) in [5.74, 6) is 1.06. The molecule has 1 N–H and O–H groups in total. The molecule has 0 amide bonds. The summed E-state index contributed by atoms with van der Waals surface area (Å²) < 4.78 is 17.1. The number of phenolic OH excluding ortho intramolecular Hbond substituents is 1. The van der Waals surface area contributed by atoms with Gasteiger partial charge in [0.2, 0.25) is 5.88 Å². The fourth-order valence-corrected chi connectivity index (χ4v) is 4.61. The lowest BCUT2D eigenvalue weighted by Gasteiger charge is -2.29. The Balaban J connectivity index is 1.76. The fourth-order valence-electron chi connectivity index (χ4n) is 4.61. The van der Waals surface area contributed by atoms with Gasteiger partial charge in [0.15, 0.2) is 5.43 Å². The van der Waals surface area contributed by atoms with E-state index in [1.165, 1.54) is 6.07 Å². The molecule has 0 radical (unpaired) electrons. The average Bonchev–Trinajstić information content (AvgIpc) is 2.82. The molecule has 2 aromatic heterocycles. The van der Waals surface area contributed by atoms with E-state index in [4.69, 9.17) is 13.6 Å². The molecule has 0 spiro atoms. The normalized spacial score (nSPS) is 14.2. The number of methoxy groups -OCH3 is 1. The standard InChI is InChI=1S/C26H25NO6/c1-15-12-23(29)33-25-17(15)8-9-21(28)19(25)14-20-24(30)18-7-6-16(31-2)13-22(18)32-26(20)27-10-4-3-5-11-27/h6-9,12-13,28H,3-5,10-11,14H2,1-2H3. The second kappa shape index (κ2) is 8.31. The summed E-state index contributed by atoms with van der Waals surface area (Å²) in [5.41, 5.74) is 1.64. The summed E-state index contributed by atoms with van der Waals surface area (Å²) in [5, 5.41) is 11.9. The Morgan fingerprint density at radius 2 is 1.73 bits per heavy atom. The summed E-state index contributed by atoms with van der Waals surface area (Å²) in [6.07, 6.45) is 3.22. The van der Waals surface area contributed by atoms with Crippen LogP contribution in [0.25, 0.3) is 21.9 Å². The van der Waals surface area contributed by atoms with Gasteiger partial charge in [-0.05, 0) is 56.0 Å². The first kappa shape index (κ1) is 21.1. The van der Waals surface area contributed by atoms with Gasteiger partial charge in [0.1, 0.15) is 22.7 Å². The SMILES string of the molecule is COc1ccc2c(=O)c(Cc3c(O)ccc4c(C)cc(=O)oc34)c(N3CCCCC3)oc2c1. The molecule has 5 rings (SSSR count). The van der Waals surface area contributed by atoms with Crippen LogP contribution in [0.3, 0.4) is 0 Å². The van der Waals surface area contributed by atoms with Crippen LogP contribution >= 0.6 is 0 Å². The van der Waals surface area contributed by atoms with Crippen molar-refractivity contribution in [1.29, 1.82) is 0 Å². The molecule has 33 heavy (non-hydrogen) atoms. The molecule has 3 heterocycles. The number of hydrogen-bond acceptors (Lipinski definition) is 7. The highest BCUT2D eigenvalue weighted by atomic mass is 16.5. The summed E-state index contributed by atoms with van der Waals surface area (Å²) in [6.45, 7) is 3.37. The number of aromatic hydroxyl groups is 1. The molecule has 1 saturated heterocycles. The van der Waals surface area contributed by atoms with Crippen molar-refractivity contribution in [3.05, 3.63) is 73.7 Å². The minimum atomic E-state index is -0.499. The Kier molecular flexibility index (Phi) is 5.32. The first-order valence-corrected chi connectivity index (χ1v) is 11.1. The van der Waals surface area contributed by atoms with Crippen molar-refractivity contribution >= 4 is 27.8 Å². The molecular formula is C26H25NO6. The largest absolute Gasteiger partial charge is 0.508 e. The van der Waals surface area contributed by atoms with Gasteiger partial charge in [-0.15, -0.1) is 0 Å². The Bertz CT molecular complexity index is 1480. The quantitative estimate of drug-likeness (QED) is 0.460. The third-order valence-electron chi connectivity index (χ3n) is 6.37. The van der Waals surface area contributed by atoms with Crippen LogP contribution in [0.5, 0.6) is 11.5 Å². The van der Waals surface area contributed by atoms with E-state index in [2.05, 4.69) is 4.90 Å². The van der Waals surface area contributed by atoms with Crippen molar-refractivity contribution in [3.8, 4) is 11.5 Å². The third kappa shape index (κ3) is 3.73. The monoisotopic (exact) mass is 447 g/mol. The first-order valence-electron chi connectivity index (χ1n) is 11.1. The second-order valence-corrected chi connectivity index (χ2v) is 8.49. The highest BCUT2D eigenvalue weighted by Gasteiger charge is 2.24. The number of ether oxygens (including phenoxy) is 1. The topological polar surface area (TPSA) is 93.1 Å². The lowest BCUT2D eigenvalue weighted by atomic mass is 9.98. The Hall–Kier alpha value is -3.74. The zero-order valence-corrected chi connectivity index (χ0v) is 18.6. The molecule has 4 aromatic rings. The molecule has 1 aliphatic heterocycles. The minimum Gasteiger partial charge on any atom is -0.508 e. The molecule has 1 fully saturated rings. The van der Waals surface area contributed by atoms with E-state index in [9.17, 15) is 14.7 Å². The molecule has 0 aliphatic carbocycles. The maximum absolute atomic E-state index is 13.7. The van der Waals surface area contributed by atoms with Crippen LogP contribution in [0.4, 0.5) is 5.88 Å². The molecule has 0 atom stereocenters. The van der Waals surface area contributed by atoms with E-state index in [1.807, 2.05) is 6.92 Å². The van der Waals surface area contributed by atoms with Gasteiger partial charge in [0.25, 0.3) is 0 Å². The van der Waals surface area contributed by atoms with E-state index < -0.39 is 5.63 Å². The summed E-state index contributed by atoms with van der Waals surface area (Å²) in [6, 6.07) is 9.83. The molecule has 0 saturated carbocycles. The van der Waals surface area contributed by atoms with E-state index in [0.29, 0.717) is 39.3 Å². The Morgan fingerprint density at radius 3 is 2.48 bits per heavy atom. The molecule has 0 unspecified atom stereocenters. The van der Waals surface area contributed by atoms with Gasteiger partial charge >= 0.3 is 5.63 Å². The predicted octanol–water partition coefficient (Wildman–Crippen LogP) is 4.50. The zero-order chi connectivity index (χ0) is 23.1. The van der Waals surface area contributed by atoms with Gasteiger partial charge < -0.3 is 23.6 Å². The van der Waals surface area contributed by atoms with Crippen molar-refractivity contribution in [2.45, 2.75) is 32.6 Å². The van der Waals surface area contributed by atoms with Crippen LogP contribution in [0, 0.1) is 6.92 Å². The molecule has 170 valence electrons. The van der Waals surface area contributed by atoms with Crippen LogP contribution in [-0.4, -0.2) is 25.3 Å². The molecule has 1 aliphatic rings. The van der Waals surface area contributed by atoms with Crippen LogP contribution in [0.2, 0.25) is 0 Å². The van der Waals surface area contributed by atoms with E-state index >= 15 is 0 Å².